The average Bonchev–Trinajstić information content (AvgIpc) is 2.87. The first-order valence-electron chi connectivity index (χ1n) is 6.17. The van der Waals surface area contributed by atoms with Gasteiger partial charge in [0, 0.05) is 19.2 Å². The van der Waals surface area contributed by atoms with Crippen molar-refractivity contribution < 1.29 is 9.90 Å². The van der Waals surface area contributed by atoms with E-state index in [1.807, 2.05) is 4.90 Å². The Morgan fingerprint density at radius 3 is 3.17 bits per heavy atom. The summed E-state index contributed by atoms with van der Waals surface area (Å²) < 4.78 is 0. The highest BCUT2D eigenvalue weighted by Gasteiger charge is 2.28. The van der Waals surface area contributed by atoms with Crippen molar-refractivity contribution in [2.45, 2.75) is 31.7 Å². The highest BCUT2D eigenvalue weighted by molar-refractivity contribution is 7.12. The fourth-order valence-electron chi connectivity index (χ4n) is 2.41. The Morgan fingerprint density at radius 2 is 2.44 bits per heavy atom. The zero-order valence-corrected chi connectivity index (χ0v) is 10.9. The van der Waals surface area contributed by atoms with Crippen molar-refractivity contribution in [1.82, 2.24) is 4.90 Å². The number of nitriles is 1. The van der Waals surface area contributed by atoms with Gasteiger partial charge < -0.3 is 10.0 Å². The van der Waals surface area contributed by atoms with Gasteiger partial charge in [0.1, 0.15) is 10.9 Å². The highest BCUT2D eigenvalue weighted by Crippen LogP contribution is 2.25. The quantitative estimate of drug-likeness (QED) is 0.908. The Kier molecular flexibility index (Phi) is 4.34. The van der Waals surface area contributed by atoms with Crippen LogP contribution >= 0.6 is 11.3 Å². The van der Waals surface area contributed by atoms with Crippen molar-refractivity contribution in [3.8, 4) is 6.07 Å². The van der Waals surface area contributed by atoms with Crippen molar-refractivity contribution in [2.75, 3.05) is 13.2 Å². The molecule has 2 rings (SSSR count). The number of carbonyl (C=O) groups is 1. The summed E-state index contributed by atoms with van der Waals surface area (Å²) in [5, 5.41) is 19.8. The predicted octanol–water partition coefficient (Wildman–Crippen LogP) is 2.00. The summed E-state index contributed by atoms with van der Waals surface area (Å²) in [5.74, 6) is -0.0558. The molecule has 0 aromatic carbocycles. The second-order valence-electron chi connectivity index (χ2n) is 4.44. The van der Waals surface area contributed by atoms with E-state index >= 15 is 0 Å². The van der Waals surface area contributed by atoms with Gasteiger partial charge >= 0.3 is 0 Å². The van der Waals surface area contributed by atoms with Crippen molar-refractivity contribution >= 4 is 17.2 Å². The third-order valence-electron chi connectivity index (χ3n) is 3.33. The van der Waals surface area contributed by atoms with Crippen LogP contribution in [0.2, 0.25) is 0 Å². The first-order chi connectivity index (χ1) is 8.77. The van der Waals surface area contributed by atoms with Crippen LogP contribution in [0.5, 0.6) is 0 Å². The molecule has 0 radical (unpaired) electrons. The summed E-state index contributed by atoms with van der Waals surface area (Å²) >= 11 is 1.32. The number of likely N-dealkylation sites (tertiary alicyclic amines) is 1. The molecule has 1 amide bonds. The Hall–Kier alpha value is -1.38. The molecule has 1 saturated heterocycles. The van der Waals surface area contributed by atoms with E-state index in [0.717, 1.165) is 25.8 Å². The third kappa shape index (κ3) is 2.55. The molecule has 1 aromatic rings. The average molecular weight is 264 g/mol. The first kappa shape index (κ1) is 13.1. The number of carbonyl (C=O) groups excluding carboxylic acids is 1. The zero-order valence-electron chi connectivity index (χ0n) is 10.1. The molecule has 4 nitrogen and oxygen atoms in total. The summed E-state index contributed by atoms with van der Waals surface area (Å²) in [4.78, 5) is 14.8. The highest BCUT2D eigenvalue weighted by atomic mass is 32.1. The Morgan fingerprint density at radius 1 is 1.61 bits per heavy atom. The SMILES string of the molecule is N#Cc1ccsc1C(=O)N1CCCCC1CCO. The van der Waals surface area contributed by atoms with E-state index in [1.165, 1.54) is 11.3 Å². The van der Waals surface area contributed by atoms with Gasteiger partial charge in [0.2, 0.25) is 0 Å². The topological polar surface area (TPSA) is 64.3 Å². The van der Waals surface area contributed by atoms with Gasteiger partial charge in [-0.25, -0.2) is 0 Å². The lowest BCUT2D eigenvalue weighted by Crippen LogP contribution is -2.44. The fraction of sp³-hybridized carbons (Fsp3) is 0.538. The maximum atomic E-state index is 12.4. The first-order valence-corrected chi connectivity index (χ1v) is 7.05. The number of hydrogen-bond donors (Lipinski definition) is 1. The van der Waals surface area contributed by atoms with E-state index in [9.17, 15) is 4.79 Å². The maximum absolute atomic E-state index is 12.4. The van der Waals surface area contributed by atoms with Gasteiger partial charge in [-0.05, 0) is 37.1 Å². The van der Waals surface area contributed by atoms with E-state index in [1.54, 1.807) is 11.4 Å². The van der Waals surface area contributed by atoms with Crippen molar-refractivity contribution in [3.05, 3.63) is 21.9 Å². The van der Waals surface area contributed by atoms with Gasteiger partial charge in [-0.3, -0.25) is 4.79 Å². The number of piperidine rings is 1. The number of aliphatic hydroxyl groups excluding tert-OH is 1. The van der Waals surface area contributed by atoms with E-state index < -0.39 is 0 Å². The lowest BCUT2D eigenvalue weighted by atomic mass is 9.99. The van der Waals surface area contributed by atoms with Crippen LogP contribution in [-0.2, 0) is 0 Å². The molecular formula is C13H16N2O2S. The summed E-state index contributed by atoms with van der Waals surface area (Å²) in [5.41, 5.74) is 0.457. The van der Waals surface area contributed by atoms with E-state index in [4.69, 9.17) is 10.4 Å². The molecule has 1 aliphatic rings. The predicted molar refractivity (Wildman–Crippen MR) is 69.4 cm³/mol. The third-order valence-corrected chi connectivity index (χ3v) is 4.23. The van der Waals surface area contributed by atoms with Gasteiger partial charge in [-0.2, -0.15) is 5.26 Å². The fourth-order valence-corrected chi connectivity index (χ4v) is 3.21. The van der Waals surface area contributed by atoms with Gasteiger partial charge in [0.05, 0.1) is 5.56 Å². The Labute approximate surface area is 110 Å². The molecule has 0 spiro atoms. The summed E-state index contributed by atoms with van der Waals surface area (Å²) in [6.45, 7) is 0.830. The van der Waals surface area contributed by atoms with Crippen molar-refractivity contribution in [2.24, 2.45) is 0 Å². The van der Waals surface area contributed by atoms with Crippen LogP contribution in [0.4, 0.5) is 0 Å². The van der Waals surface area contributed by atoms with Crippen LogP contribution in [0.1, 0.15) is 40.9 Å². The minimum Gasteiger partial charge on any atom is -0.396 e. The van der Waals surface area contributed by atoms with Gasteiger partial charge in [-0.1, -0.05) is 0 Å². The minimum absolute atomic E-state index is 0.0558. The molecule has 1 aromatic heterocycles. The van der Waals surface area contributed by atoms with Crippen LogP contribution in [0.3, 0.4) is 0 Å². The number of aliphatic hydroxyl groups is 1. The molecule has 0 bridgehead atoms. The molecule has 96 valence electrons. The van der Waals surface area contributed by atoms with Crippen LogP contribution in [0, 0.1) is 11.3 Å². The maximum Gasteiger partial charge on any atom is 0.265 e. The molecule has 0 saturated carbocycles. The lowest BCUT2D eigenvalue weighted by Gasteiger charge is -2.35. The van der Waals surface area contributed by atoms with Crippen molar-refractivity contribution in [3.63, 3.8) is 0 Å². The van der Waals surface area contributed by atoms with E-state index in [2.05, 4.69) is 6.07 Å². The zero-order chi connectivity index (χ0) is 13.0. The molecule has 2 heterocycles. The molecule has 1 unspecified atom stereocenters. The van der Waals surface area contributed by atoms with Crippen LogP contribution in [0.25, 0.3) is 0 Å². The molecule has 1 fully saturated rings. The largest absolute Gasteiger partial charge is 0.396 e. The number of thiophene rings is 1. The Balaban J connectivity index is 2.18. The molecule has 1 N–H and O–H groups in total. The van der Waals surface area contributed by atoms with Crippen LogP contribution in [-0.4, -0.2) is 35.1 Å². The number of rotatable bonds is 3. The lowest BCUT2D eigenvalue weighted by molar-refractivity contribution is 0.0579. The van der Waals surface area contributed by atoms with Crippen molar-refractivity contribution in [1.29, 1.82) is 5.26 Å². The second-order valence-corrected chi connectivity index (χ2v) is 5.35. The van der Waals surface area contributed by atoms with Crippen LogP contribution in [0.15, 0.2) is 11.4 Å². The normalized spacial score (nSPS) is 19.6. The molecule has 0 aliphatic carbocycles. The molecule has 18 heavy (non-hydrogen) atoms. The van der Waals surface area contributed by atoms with Gasteiger partial charge in [0.25, 0.3) is 5.91 Å². The number of hydrogen-bond acceptors (Lipinski definition) is 4. The molecular weight excluding hydrogens is 248 g/mol. The smallest absolute Gasteiger partial charge is 0.265 e. The summed E-state index contributed by atoms with van der Waals surface area (Å²) in [7, 11) is 0. The summed E-state index contributed by atoms with van der Waals surface area (Å²) in [6.07, 6.45) is 3.67. The molecule has 1 aliphatic heterocycles. The Bertz CT molecular complexity index is 462. The standard InChI is InChI=1S/C13H16N2O2S/c14-9-10-5-8-18-12(10)13(17)15-6-2-1-3-11(15)4-7-16/h5,8,11,16H,1-4,6-7H2. The second kappa shape index (κ2) is 5.98. The molecule has 1 atom stereocenters. The minimum atomic E-state index is -0.0558. The number of nitrogens with zero attached hydrogens (tertiary/aromatic N) is 2. The number of amides is 1. The van der Waals surface area contributed by atoms with Gasteiger partial charge in [0.15, 0.2) is 0 Å². The summed E-state index contributed by atoms with van der Waals surface area (Å²) in [6, 6.07) is 3.86. The molecule has 5 heteroatoms. The van der Waals surface area contributed by atoms with Crippen LogP contribution < -0.4 is 0 Å². The monoisotopic (exact) mass is 264 g/mol. The van der Waals surface area contributed by atoms with Gasteiger partial charge in [-0.15, -0.1) is 11.3 Å². The van der Waals surface area contributed by atoms with E-state index in [-0.39, 0.29) is 18.6 Å². The van der Waals surface area contributed by atoms with E-state index in [0.29, 0.717) is 16.9 Å².